The van der Waals surface area contributed by atoms with Gasteiger partial charge in [-0.25, -0.2) is 14.6 Å². The van der Waals surface area contributed by atoms with Crippen molar-refractivity contribution in [3.63, 3.8) is 0 Å². The number of methoxy groups -OCH3 is 1. The highest BCUT2D eigenvalue weighted by Gasteiger charge is 2.13. The summed E-state index contributed by atoms with van der Waals surface area (Å²) in [7, 11) is 1.54. The Morgan fingerprint density at radius 1 is 1.16 bits per heavy atom. The molecule has 1 amide bonds. The minimum absolute atomic E-state index is 0.0230. The van der Waals surface area contributed by atoms with E-state index in [2.05, 4.69) is 20.7 Å². The molecule has 31 heavy (non-hydrogen) atoms. The molecule has 0 aromatic carbocycles. The van der Waals surface area contributed by atoms with E-state index >= 15 is 0 Å². The van der Waals surface area contributed by atoms with Gasteiger partial charge in [-0.05, 0) is 43.2 Å². The number of nitrogens with zero attached hydrogens (tertiary/aromatic N) is 3. The second-order valence-corrected chi connectivity index (χ2v) is 7.09. The van der Waals surface area contributed by atoms with Gasteiger partial charge in [-0.2, -0.15) is 0 Å². The van der Waals surface area contributed by atoms with Gasteiger partial charge in [-0.1, -0.05) is 12.1 Å². The van der Waals surface area contributed by atoms with Crippen LogP contribution in [0.5, 0.6) is 5.88 Å². The monoisotopic (exact) mass is 422 g/mol. The first-order valence-electron chi connectivity index (χ1n) is 9.80. The molecule has 0 bridgehead atoms. The van der Waals surface area contributed by atoms with Crippen LogP contribution in [0.1, 0.15) is 27.9 Å². The normalized spacial score (nSPS) is 10.5. The van der Waals surface area contributed by atoms with Gasteiger partial charge < -0.3 is 21.2 Å². The highest BCUT2D eigenvalue weighted by Crippen LogP contribution is 2.13. The maximum Gasteiger partial charge on any atom is 0.272 e. The fourth-order valence-electron chi connectivity index (χ4n) is 3.13. The van der Waals surface area contributed by atoms with Crippen LogP contribution in [-0.2, 0) is 24.3 Å². The largest absolute Gasteiger partial charge is 0.481 e. The van der Waals surface area contributed by atoms with Crippen molar-refractivity contribution in [3.8, 4) is 5.88 Å². The van der Waals surface area contributed by atoms with E-state index < -0.39 is 0 Å². The number of hydrogen-bond donors (Lipinski definition) is 3. The standard InChI is InChI=1S/C22H26N6O3/c1-14-8-10-28(26-13-17-5-4-9-24-21(17)31-3)22(30)18(14)11-20(29)25-12-16-6-7-19(23)27-15(16)2/h4-10,26H,11-13H2,1-3H3,(H2,23,27)(H,25,29). The van der Waals surface area contributed by atoms with Crippen molar-refractivity contribution in [2.75, 3.05) is 18.3 Å². The summed E-state index contributed by atoms with van der Waals surface area (Å²) in [5, 5.41) is 2.84. The van der Waals surface area contributed by atoms with Crippen molar-refractivity contribution < 1.29 is 9.53 Å². The maximum absolute atomic E-state index is 12.9. The van der Waals surface area contributed by atoms with Crippen LogP contribution in [0.3, 0.4) is 0 Å². The molecule has 0 fully saturated rings. The molecule has 0 aliphatic rings. The van der Waals surface area contributed by atoms with Crippen molar-refractivity contribution in [3.05, 3.63) is 81.0 Å². The van der Waals surface area contributed by atoms with E-state index in [-0.39, 0.29) is 17.9 Å². The molecule has 3 aromatic rings. The molecule has 0 atom stereocenters. The number of nitrogens with two attached hydrogens (primary N) is 1. The predicted molar refractivity (Wildman–Crippen MR) is 118 cm³/mol. The van der Waals surface area contributed by atoms with E-state index in [1.165, 1.54) is 4.68 Å². The molecule has 0 spiro atoms. The molecule has 0 unspecified atom stereocenters. The molecule has 3 rings (SSSR count). The van der Waals surface area contributed by atoms with Crippen LogP contribution in [0.25, 0.3) is 0 Å². The number of pyridine rings is 3. The lowest BCUT2D eigenvalue weighted by atomic mass is 10.1. The third-order valence-corrected chi connectivity index (χ3v) is 4.94. The molecule has 0 aliphatic carbocycles. The molecule has 162 valence electrons. The van der Waals surface area contributed by atoms with Crippen LogP contribution >= 0.6 is 0 Å². The van der Waals surface area contributed by atoms with Gasteiger partial charge in [0.1, 0.15) is 5.82 Å². The van der Waals surface area contributed by atoms with Crippen LogP contribution in [0.15, 0.2) is 47.5 Å². The van der Waals surface area contributed by atoms with Crippen LogP contribution in [0.4, 0.5) is 5.82 Å². The van der Waals surface area contributed by atoms with E-state index in [1.54, 1.807) is 37.7 Å². The van der Waals surface area contributed by atoms with Gasteiger partial charge in [0.2, 0.25) is 11.8 Å². The zero-order valence-corrected chi connectivity index (χ0v) is 17.8. The number of ether oxygens (including phenoxy) is 1. The molecule has 0 saturated carbocycles. The van der Waals surface area contributed by atoms with Crippen LogP contribution < -0.4 is 26.8 Å². The van der Waals surface area contributed by atoms with Gasteiger partial charge >= 0.3 is 0 Å². The van der Waals surface area contributed by atoms with E-state index in [0.717, 1.165) is 22.4 Å². The average Bonchev–Trinajstić information content (AvgIpc) is 2.75. The molecule has 4 N–H and O–H groups in total. The summed E-state index contributed by atoms with van der Waals surface area (Å²) in [6, 6.07) is 8.98. The van der Waals surface area contributed by atoms with Gasteiger partial charge in [-0.15, -0.1) is 0 Å². The number of nitrogen functional groups attached to an aromatic ring is 1. The minimum atomic E-state index is -0.275. The number of nitrogens with one attached hydrogen (secondary N) is 2. The summed E-state index contributed by atoms with van der Waals surface area (Å²) in [5.74, 6) is 0.676. The second-order valence-electron chi connectivity index (χ2n) is 7.09. The highest BCUT2D eigenvalue weighted by atomic mass is 16.5. The first kappa shape index (κ1) is 21.8. The first-order chi connectivity index (χ1) is 14.9. The molecule has 3 aromatic heterocycles. The number of hydrogen-bond acceptors (Lipinski definition) is 7. The van der Waals surface area contributed by atoms with Crippen molar-refractivity contribution in [2.45, 2.75) is 33.4 Å². The Morgan fingerprint density at radius 2 is 1.97 bits per heavy atom. The van der Waals surface area contributed by atoms with E-state index in [1.807, 2.05) is 26.0 Å². The van der Waals surface area contributed by atoms with E-state index in [0.29, 0.717) is 30.4 Å². The number of aryl methyl sites for hydroxylation is 2. The molecule has 0 saturated heterocycles. The fraction of sp³-hybridized carbons (Fsp3) is 0.273. The lowest BCUT2D eigenvalue weighted by Crippen LogP contribution is -2.34. The van der Waals surface area contributed by atoms with E-state index in [4.69, 9.17) is 10.5 Å². The third kappa shape index (κ3) is 5.39. The van der Waals surface area contributed by atoms with Gasteiger partial charge in [0.25, 0.3) is 5.56 Å². The summed E-state index contributed by atoms with van der Waals surface area (Å²) >= 11 is 0. The van der Waals surface area contributed by atoms with Crippen LogP contribution in [-0.4, -0.2) is 27.7 Å². The highest BCUT2D eigenvalue weighted by molar-refractivity contribution is 5.78. The summed E-state index contributed by atoms with van der Waals surface area (Å²) in [6.07, 6.45) is 3.26. The van der Waals surface area contributed by atoms with Crippen molar-refractivity contribution in [2.24, 2.45) is 0 Å². The first-order valence-corrected chi connectivity index (χ1v) is 9.80. The Labute approximate surface area is 180 Å². The summed E-state index contributed by atoms with van der Waals surface area (Å²) in [5.41, 5.74) is 12.1. The SMILES string of the molecule is COc1ncccc1CNn1ccc(C)c(CC(=O)NCc2ccc(N)nc2C)c1=O. The third-order valence-electron chi connectivity index (χ3n) is 4.94. The number of amides is 1. The van der Waals surface area contributed by atoms with Gasteiger partial charge in [-0.3, -0.25) is 9.59 Å². The van der Waals surface area contributed by atoms with Crippen molar-refractivity contribution in [1.29, 1.82) is 0 Å². The minimum Gasteiger partial charge on any atom is -0.481 e. The zero-order valence-electron chi connectivity index (χ0n) is 17.8. The smallest absolute Gasteiger partial charge is 0.272 e. The molecular weight excluding hydrogens is 396 g/mol. The number of anilines is 1. The Bertz CT molecular complexity index is 1140. The van der Waals surface area contributed by atoms with Crippen LogP contribution in [0, 0.1) is 13.8 Å². The molecule has 0 radical (unpaired) electrons. The van der Waals surface area contributed by atoms with Gasteiger partial charge in [0, 0.05) is 35.8 Å². The maximum atomic E-state index is 12.9. The number of aromatic nitrogens is 3. The number of rotatable bonds is 8. The molecular formula is C22H26N6O3. The Balaban J connectivity index is 1.68. The van der Waals surface area contributed by atoms with Gasteiger partial charge in [0.15, 0.2) is 0 Å². The van der Waals surface area contributed by atoms with Crippen LogP contribution in [0.2, 0.25) is 0 Å². The topological polar surface area (TPSA) is 124 Å². The zero-order chi connectivity index (χ0) is 22.4. The molecule has 0 aliphatic heterocycles. The Kier molecular flexibility index (Phi) is 6.86. The Hall–Kier alpha value is -3.88. The molecule has 9 nitrogen and oxygen atoms in total. The number of carbonyl (C=O) groups excluding carboxylic acids is 1. The average molecular weight is 422 g/mol. The van der Waals surface area contributed by atoms with Crippen molar-refractivity contribution in [1.82, 2.24) is 20.0 Å². The van der Waals surface area contributed by atoms with E-state index in [9.17, 15) is 9.59 Å². The lowest BCUT2D eigenvalue weighted by molar-refractivity contribution is -0.120. The second kappa shape index (κ2) is 9.75. The quantitative estimate of drug-likeness (QED) is 0.502. The lowest BCUT2D eigenvalue weighted by Gasteiger charge is -2.14. The number of carbonyl (C=O) groups is 1. The van der Waals surface area contributed by atoms with Gasteiger partial charge in [0.05, 0.1) is 20.1 Å². The summed E-state index contributed by atoms with van der Waals surface area (Å²) in [4.78, 5) is 33.7. The van der Waals surface area contributed by atoms with Crippen molar-refractivity contribution >= 4 is 11.7 Å². The summed E-state index contributed by atoms with van der Waals surface area (Å²) < 4.78 is 6.61. The molecule has 3 heterocycles. The summed E-state index contributed by atoms with van der Waals surface area (Å²) in [6.45, 7) is 4.30. The predicted octanol–water partition coefficient (Wildman–Crippen LogP) is 1.45. The fourth-order valence-corrected chi connectivity index (χ4v) is 3.13. The molecule has 9 heteroatoms. The Morgan fingerprint density at radius 3 is 2.71 bits per heavy atom.